The smallest absolute Gasteiger partial charge is 0.154 e. The highest BCUT2D eigenvalue weighted by atomic mass is 32.2. The molecule has 0 aromatic heterocycles. The largest absolute Gasteiger partial charge is 0.314 e. The van der Waals surface area contributed by atoms with E-state index in [1.54, 1.807) is 0 Å². The predicted molar refractivity (Wildman–Crippen MR) is 74.5 cm³/mol. The Balaban J connectivity index is 1.86. The molecular formula is C13H26N2O2S. The molecule has 0 amide bonds. The minimum atomic E-state index is -2.78. The van der Waals surface area contributed by atoms with Crippen LogP contribution in [0.25, 0.3) is 0 Å². The predicted octanol–water partition coefficient (Wildman–Crippen LogP) is 0.884. The molecule has 106 valence electrons. The van der Waals surface area contributed by atoms with Crippen molar-refractivity contribution in [1.82, 2.24) is 10.2 Å². The Morgan fingerprint density at radius 1 is 1.33 bits per heavy atom. The Bertz CT molecular complexity index is 369. The van der Waals surface area contributed by atoms with E-state index in [0.29, 0.717) is 17.7 Å². The first-order chi connectivity index (χ1) is 8.53. The Labute approximate surface area is 111 Å². The van der Waals surface area contributed by atoms with E-state index < -0.39 is 9.84 Å². The third-order valence-electron chi connectivity index (χ3n) is 4.38. The maximum absolute atomic E-state index is 11.8. The summed E-state index contributed by atoms with van der Waals surface area (Å²) in [5.41, 5.74) is 0. The van der Waals surface area contributed by atoms with E-state index >= 15 is 0 Å². The maximum atomic E-state index is 11.8. The SMILES string of the molecule is CCNC1CCN(CC2CCCS2(=O)=O)CC1C. The molecule has 4 nitrogen and oxygen atoms in total. The summed E-state index contributed by atoms with van der Waals surface area (Å²) in [5.74, 6) is 1.02. The van der Waals surface area contributed by atoms with Crippen LogP contribution >= 0.6 is 0 Å². The summed E-state index contributed by atoms with van der Waals surface area (Å²) in [6.07, 6.45) is 2.86. The average molecular weight is 274 g/mol. The van der Waals surface area contributed by atoms with Gasteiger partial charge in [-0.1, -0.05) is 13.8 Å². The molecule has 0 radical (unpaired) electrons. The Morgan fingerprint density at radius 3 is 2.67 bits per heavy atom. The number of hydrogen-bond donors (Lipinski definition) is 1. The molecule has 3 unspecified atom stereocenters. The molecule has 2 rings (SSSR count). The molecule has 1 N–H and O–H groups in total. The van der Waals surface area contributed by atoms with E-state index in [4.69, 9.17) is 0 Å². The number of piperidine rings is 1. The maximum Gasteiger partial charge on any atom is 0.154 e. The third-order valence-corrected chi connectivity index (χ3v) is 6.64. The van der Waals surface area contributed by atoms with Crippen molar-refractivity contribution in [2.45, 2.75) is 44.4 Å². The topological polar surface area (TPSA) is 49.4 Å². The second kappa shape index (κ2) is 5.88. The average Bonchev–Trinajstić information content (AvgIpc) is 2.62. The van der Waals surface area contributed by atoms with E-state index in [1.165, 1.54) is 0 Å². The number of nitrogens with zero attached hydrogens (tertiary/aromatic N) is 1. The van der Waals surface area contributed by atoms with Crippen molar-refractivity contribution >= 4 is 9.84 Å². The molecule has 0 aromatic rings. The van der Waals surface area contributed by atoms with Gasteiger partial charge in [0.05, 0.1) is 11.0 Å². The van der Waals surface area contributed by atoms with E-state index in [2.05, 4.69) is 24.1 Å². The summed E-state index contributed by atoms with van der Waals surface area (Å²) in [7, 11) is -2.78. The molecule has 2 aliphatic heterocycles. The molecule has 0 aliphatic carbocycles. The number of nitrogens with one attached hydrogen (secondary N) is 1. The quantitative estimate of drug-likeness (QED) is 0.827. The first kappa shape index (κ1) is 14.3. The molecule has 2 heterocycles. The zero-order valence-corrected chi connectivity index (χ0v) is 12.4. The van der Waals surface area contributed by atoms with Crippen LogP contribution in [-0.4, -0.2) is 56.5 Å². The molecule has 5 heteroatoms. The van der Waals surface area contributed by atoms with Crippen LogP contribution in [0.4, 0.5) is 0 Å². The molecule has 18 heavy (non-hydrogen) atoms. The van der Waals surface area contributed by atoms with Gasteiger partial charge >= 0.3 is 0 Å². The number of likely N-dealkylation sites (tertiary alicyclic amines) is 1. The van der Waals surface area contributed by atoms with E-state index in [9.17, 15) is 8.42 Å². The van der Waals surface area contributed by atoms with Crippen molar-refractivity contribution in [2.75, 3.05) is 31.9 Å². The van der Waals surface area contributed by atoms with E-state index in [-0.39, 0.29) is 5.25 Å². The van der Waals surface area contributed by atoms with Gasteiger partial charge in [-0.2, -0.15) is 0 Å². The second-order valence-corrected chi connectivity index (χ2v) is 8.22. The summed E-state index contributed by atoms with van der Waals surface area (Å²) in [6, 6.07) is 0.603. The molecule has 2 aliphatic rings. The van der Waals surface area contributed by atoms with Crippen LogP contribution in [-0.2, 0) is 9.84 Å². The normalized spacial score (nSPS) is 36.9. The van der Waals surface area contributed by atoms with Crippen molar-refractivity contribution in [1.29, 1.82) is 0 Å². The molecule has 0 aromatic carbocycles. The second-order valence-electron chi connectivity index (χ2n) is 5.82. The Morgan fingerprint density at radius 2 is 2.11 bits per heavy atom. The van der Waals surface area contributed by atoms with Crippen molar-refractivity contribution in [3.63, 3.8) is 0 Å². The lowest BCUT2D eigenvalue weighted by Crippen LogP contribution is -2.50. The third kappa shape index (κ3) is 3.25. The molecule has 2 saturated heterocycles. The van der Waals surface area contributed by atoms with Crippen LogP contribution in [0.5, 0.6) is 0 Å². The summed E-state index contributed by atoms with van der Waals surface area (Å²) < 4.78 is 23.7. The number of hydrogen-bond acceptors (Lipinski definition) is 4. The Hall–Kier alpha value is -0.130. The standard InChI is InChI=1S/C13H26N2O2S/c1-3-14-13-6-7-15(9-11(13)2)10-12-5-4-8-18(12,16)17/h11-14H,3-10H2,1-2H3. The van der Waals surface area contributed by atoms with Crippen molar-refractivity contribution in [3.8, 4) is 0 Å². The lowest BCUT2D eigenvalue weighted by Gasteiger charge is -2.38. The number of rotatable bonds is 4. The van der Waals surface area contributed by atoms with Crippen LogP contribution in [0.1, 0.15) is 33.1 Å². The summed E-state index contributed by atoms with van der Waals surface area (Å²) in [5, 5.41) is 3.42. The van der Waals surface area contributed by atoms with E-state index in [0.717, 1.165) is 45.4 Å². The van der Waals surface area contributed by atoms with Gasteiger partial charge in [0.1, 0.15) is 0 Å². The fourth-order valence-electron chi connectivity index (χ4n) is 3.31. The van der Waals surface area contributed by atoms with Gasteiger partial charge in [-0.3, -0.25) is 0 Å². The van der Waals surface area contributed by atoms with Crippen molar-refractivity contribution < 1.29 is 8.42 Å². The fraction of sp³-hybridized carbons (Fsp3) is 1.00. The first-order valence-electron chi connectivity index (χ1n) is 7.20. The highest BCUT2D eigenvalue weighted by molar-refractivity contribution is 7.92. The number of sulfone groups is 1. The zero-order chi connectivity index (χ0) is 13.2. The minimum absolute atomic E-state index is 0.0969. The first-order valence-corrected chi connectivity index (χ1v) is 8.91. The molecule has 3 atom stereocenters. The monoisotopic (exact) mass is 274 g/mol. The van der Waals surface area contributed by atoms with Crippen molar-refractivity contribution in [3.05, 3.63) is 0 Å². The molecular weight excluding hydrogens is 248 g/mol. The molecule has 0 bridgehead atoms. The summed E-state index contributed by atoms with van der Waals surface area (Å²) >= 11 is 0. The van der Waals surface area contributed by atoms with Gasteiger partial charge < -0.3 is 10.2 Å². The fourth-order valence-corrected chi connectivity index (χ4v) is 5.18. The molecule has 0 saturated carbocycles. The summed E-state index contributed by atoms with van der Waals surface area (Å²) in [4.78, 5) is 2.35. The van der Waals surface area contributed by atoms with Gasteiger partial charge in [0.25, 0.3) is 0 Å². The molecule has 0 spiro atoms. The van der Waals surface area contributed by atoms with Crippen LogP contribution in [0, 0.1) is 5.92 Å². The van der Waals surface area contributed by atoms with Gasteiger partial charge in [-0.15, -0.1) is 0 Å². The minimum Gasteiger partial charge on any atom is -0.314 e. The highest BCUT2D eigenvalue weighted by Crippen LogP contribution is 2.23. The van der Waals surface area contributed by atoms with Crippen LogP contribution in [0.15, 0.2) is 0 Å². The summed E-state index contributed by atoms with van der Waals surface area (Å²) in [6.45, 7) is 8.25. The highest BCUT2D eigenvalue weighted by Gasteiger charge is 2.34. The van der Waals surface area contributed by atoms with Crippen LogP contribution < -0.4 is 5.32 Å². The van der Waals surface area contributed by atoms with Gasteiger partial charge in [0, 0.05) is 19.1 Å². The molecule has 2 fully saturated rings. The van der Waals surface area contributed by atoms with Gasteiger partial charge in [-0.25, -0.2) is 8.42 Å². The Kier molecular flexibility index (Phi) is 4.67. The van der Waals surface area contributed by atoms with Gasteiger partial charge in [-0.05, 0) is 38.3 Å². The van der Waals surface area contributed by atoms with Crippen LogP contribution in [0.2, 0.25) is 0 Å². The van der Waals surface area contributed by atoms with Gasteiger partial charge in [0.2, 0.25) is 0 Å². The van der Waals surface area contributed by atoms with Crippen molar-refractivity contribution in [2.24, 2.45) is 5.92 Å². The zero-order valence-electron chi connectivity index (χ0n) is 11.6. The lowest BCUT2D eigenvalue weighted by molar-refractivity contribution is 0.148. The van der Waals surface area contributed by atoms with E-state index in [1.807, 2.05) is 0 Å². The van der Waals surface area contributed by atoms with Gasteiger partial charge in [0.15, 0.2) is 9.84 Å². The van der Waals surface area contributed by atoms with Crippen LogP contribution in [0.3, 0.4) is 0 Å². The lowest BCUT2D eigenvalue weighted by atomic mass is 9.93.